The lowest BCUT2D eigenvalue weighted by Gasteiger charge is -2.10. The molecule has 1 heterocycles. The number of hydrogen-bond donors (Lipinski definition) is 4. The Balaban J connectivity index is 0.00000578. The van der Waals surface area contributed by atoms with Gasteiger partial charge in [-0.1, -0.05) is 23.5 Å². The minimum Gasteiger partial charge on any atom is -0.370 e. The second kappa shape index (κ2) is 14.2. The van der Waals surface area contributed by atoms with Crippen molar-refractivity contribution in [3.63, 3.8) is 0 Å². The number of carbonyl (C=O) groups excluding carboxylic acids is 3. The van der Waals surface area contributed by atoms with Gasteiger partial charge in [0.2, 0.25) is 11.8 Å². The summed E-state index contributed by atoms with van der Waals surface area (Å²) >= 11 is 1.15. The molecule has 10 nitrogen and oxygen atoms in total. The van der Waals surface area contributed by atoms with Crippen molar-refractivity contribution >= 4 is 58.2 Å². The fourth-order valence-corrected chi connectivity index (χ4v) is 3.93. The first kappa shape index (κ1) is 28.9. The van der Waals surface area contributed by atoms with E-state index >= 15 is 0 Å². The molecule has 0 radical (unpaired) electrons. The Bertz CT molecular complexity index is 1000. The quantitative estimate of drug-likeness (QED) is 0.207. The summed E-state index contributed by atoms with van der Waals surface area (Å²) in [5.41, 5.74) is 13.1. The lowest BCUT2D eigenvalue weighted by molar-refractivity contribution is -0.128. The predicted molar refractivity (Wildman–Crippen MR) is 138 cm³/mol. The molecule has 2 aromatic rings. The summed E-state index contributed by atoms with van der Waals surface area (Å²) in [6.07, 6.45) is 3.01. The lowest BCUT2D eigenvalue weighted by atomic mass is 10.1. The number of halogens is 1. The number of guanidine groups is 1. The van der Waals surface area contributed by atoms with E-state index in [1.54, 1.807) is 19.0 Å². The number of carbonyl (C=O) groups is 3. The van der Waals surface area contributed by atoms with Gasteiger partial charge in [0.1, 0.15) is 4.88 Å². The summed E-state index contributed by atoms with van der Waals surface area (Å²) in [4.78, 5) is 46.3. The third-order valence-corrected chi connectivity index (χ3v) is 5.65. The zero-order chi connectivity index (χ0) is 24.4. The standard InChI is InChI=1S/C22H31N7O3S.ClH/c1-14(30)26-22-28-17(12-9-15-7-10-16(11-8-15)27-21(23)24)19(33-22)20(32)25-13-5-4-6-18(31)29(2)3;/h7-8,10-11H,4-6,9,12-13H2,1-3H3,(H,25,32)(H4,23,24,27)(H,26,28,30);1H. The number of hydrogen-bond acceptors (Lipinski definition) is 6. The number of rotatable bonds is 11. The highest BCUT2D eigenvalue weighted by atomic mass is 35.5. The van der Waals surface area contributed by atoms with E-state index in [-0.39, 0.29) is 36.1 Å². The molecule has 34 heavy (non-hydrogen) atoms. The molecule has 0 saturated heterocycles. The van der Waals surface area contributed by atoms with Gasteiger partial charge in [0.25, 0.3) is 5.91 Å². The van der Waals surface area contributed by atoms with Gasteiger partial charge < -0.3 is 27.0 Å². The topological polar surface area (TPSA) is 156 Å². The van der Waals surface area contributed by atoms with Crippen LogP contribution in [-0.2, 0) is 22.4 Å². The SMILES string of the molecule is CC(=O)Nc1nc(CCc2ccc(N=C(N)N)cc2)c(C(=O)NCCCCC(=O)N(C)C)s1.Cl. The molecule has 0 aliphatic heterocycles. The Hall–Kier alpha value is -3.18. The summed E-state index contributed by atoms with van der Waals surface area (Å²) in [5.74, 6) is -0.419. The average molecular weight is 510 g/mol. The smallest absolute Gasteiger partial charge is 0.263 e. The van der Waals surface area contributed by atoms with Crippen molar-refractivity contribution in [1.82, 2.24) is 15.2 Å². The normalized spacial score (nSPS) is 10.1. The summed E-state index contributed by atoms with van der Waals surface area (Å²) in [6, 6.07) is 7.45. The van der Waals surface area contributed by atoms with E-state index in [0.29, 0.717) is 60.0 Å². The van der Waals surface area contributed by atoms with Crippen LogP contribution in [0.3, 0.4) is 0 Å². The first-order chi connectivity index (χ1) is 15.7. The van der Waals surface area contributed by atoms with Crippen LogP contribution in [0.1, 0.15) is 47.1 Å². The van der Waals surface area contributed by atoms with Gasteiger partial charge in [-0.25, -0.2) is 9.98 Å². The van der Waals surface area contributed by atoms with E-state index < -0.39 is 0 Å². The Kier molecular flexibility index (Phi) is 12.0. The minimum absolute atomic E-state index is 0. The number of aliphatic imine (C=N–C) groups is 1. The molecule has 0 fully saturated rings. The number of aryl methyl sites for hydroxylation is 2. The van der Waals surface area contributed by atoms with Crippen molar-refractivity contribution in [3.05, 3.63) is 40.4 Å². The zero-order valence-electron chi connectivity index (χ0n) is 19.6. The maximum atomic E-state index is 12.8. The van der Waals surface area contributed by atoms with Crippen LogP contribution in [0.25, 0.3) is 0 Å². The second-order valence-corrected chi connectivity index (χ2v) is 8.68. The molecule has 12 heteroatoms. The van der Waals surface area contributed by atoms with Gasteiger partial charge in [0.15, 0.2) is 11.1 Å². The van der Waals surface area contributed by atoms with Crippen molar-refractivity contribution in [2.45, 2.75) is 39.0 Å². The van der Waals surface area contributed by atoms with E-state index in [9.17, 15) is 14.4 Å². The van der Waals surface area contributed by atoms with Gasteiger partial charge in [-0.05, 0) is 43.4 Å². The molecule has 0 unspecified atom stereocenters. The zero-order valence-corrected chi connectivity index (χ0v) is 21.2. The lowest BCUT2D eigenvalue weighted by Crippen LogP contribution is -2.25. The number of anilines is 1. The number of nitrogens with one attached hydrogen (secondary N) is 2. The van der Waals surface area contributed by atoms with Crippen molar-refractivity contribution in [2.24, 2.45) is 16.5 Å². The Morgan fingerprint density at radius 1 is 1.09 bits per heavy atom. The van der Waals surface area contributed by atoms with Crippen molar-refractivity contribution in [2.75, 3.05) is 26.0 Å². The third-order valence-electron chi connectivity index (χ3n) is 4.63. The number of nitrogens with zero attached hydrogens (tertiary/aromatic N) is 3. The second-order valence-electron chi connectivity index (χ2n) is 7.68. The highest BCUT2D eigenvalue weighted by Gasteiger charge is 2.18. The number of benzene rings is 1. The largest absolute Gasteiger partial charge is 0.370 e. The molecule has 2 rings (SSSR count). The molecule has 1 aromatic heterocycles. The number of aromatic nitrogens is 1. The Morgan fingerprint density at radius 2 is 1.76 bits per heavy atom. The third kappa shape index (κ3) is 9.75. The Morgan fingerprint density at radius 3 is 2.35 bits per heavy atom. The molecule has 0 atom stereocenters. The summed E-state index contributed by atoms with van der Waals surface area (Å²) in [5, 5.41) is 5.93. The minimum atomic E-state index is -0.247. The number of nitrogens with two attached hydrogens (primary N) is 2. The molecule has 0 spiro atoms. The molecular formula is C22H32ClN7O3S. The van der Waals surface area contributed by atoms with Crippen LogP contribution in [-0.4, -0.2) is 54.2 Å². The average Bonchev–Trinajstić information content (AvgIpc) is 3.14. The molecule has 0 aliphatic rings. The van der Waals surface area contributed by atoms with Crippen molar-refractivity contribution in [3.8, 4) is 0 Å². The fraction of sp³-hybridized carbons (Fsp3) is 0.409. The summed E-state index contributed by atoms with van der Waals surface area (Å²) in [7, 11) is 3.45. The van der Waals surface area contributed by atoms with E-state index in [4.69, 9.17) is 11.5 Å². The molecule has 186 valence electrons. The van der Waals surface area contributed by atoms with Crippen LogP contribution in [0.5, 0.6) is 0 Å². The molecule has 6 N–H and O–H groups in total. The highest BCUT2D eigenvalue weighted by Crippen LogP contribution is 2.25. The van der Waals surface area contributed by atoms with Gasteiger partial charge >= 0.3 is 0 Å². The van der Waals surface area contributed by atoms with Crippen LogP contribution in [0, 0.1) is 0 Å². The van der Waals surface area contributed by atoms with Crippen LogP contribution in [0.15, 0.2) is 29.3 Å². The van der Waals surface area contributed by atoms with Crippen LogP contribution in [0.2, 0.25) is 0 Å². The summed E-state index contributed by atoms with van der Waals surface area (Å²) < 4.78 is 0. The highest BCUT2D eigenvalue weighted by molar-refractivity contribution is 7.17. The van der Waals surface area contributed by atoms with Crippen LogP contribution in [0.4, 0.5) is 10.8 Å². The van der Waals surface area contributed by atoms with E-state index in [1.807, 2.05) is 24.3 Å². The maximum Gasteiger partial charge on any atom is 0.263 e. The number of unbranched alkanes of at least 4 members (excludes halogenated alkanes) is 1. The van der Waals surface area contributed by atoms with Crippen LogP contribution >= 0.6 is 23.7 Å². The monoisotopic (exact) mass is 509 g/mol. The summed E-state index contributed by atoms with van der Waals surface area (Å²) in [6.45, 7) is 1.85. The molecular weight excluding hydrogens is 478 g/mol. The van der Waals surface area contributed by atoms with E-state index in [2.05, 4.69) is 20.6 Å². The molecule has 1 aromatic carbocycles. The van der Waals surface area contributed by atoms with Gasteiger partial charge in [-0.15, -0.1) is 12.4 Å². The molecule has 0 aliphatic carbocycles. The molecule has 0 bridgehead atoms. The fourth-order valence-electron chi connectivity index (χ4n) is 2.96. The van der Waals surface area contributed by atoms with Gasteiger partial charge in [0, 0.05) is 34.0 Å². The van der Waals surface area contributed by atoms with E-state index in [1.165, 1.54) is 6.92 Å². The first-order valence-electron chi connectivity index (χ1n) is 10.6. The Labute approximate surface area is 209 Å². The van der Waals surface area contributed by atoms with Crippen molar-refractivity contribution < 1.29 is 14.4 Å². The number of thiazole rings is 1. The van der Waals surface area contributed by atoms with Crippen molar-refractivity contribution in [1.29, 1.82) is 0 Å². The van der Waals surface area contributed by atoms with Crippen LogP contribution < -0.4 is 22.1 Å². The maximum absolute atomic E-state index is 12.8. The number of amides is 3. The molecule has 0 saturated carbocycles. The first-order valence-corrected chi connectivity index (χ1v) is 11.4. The van der Waals surface area contributed by atoms with E-state index in [0.717, 1.165) is 16.9 Å². The van der Waals surface area contributed by atoms with Gasteiger partial charge in [-0.2, -0.15) is 0 Å². The molecule has 3 amide bonds. The predicted octanol–water partition coefficient (Wildman–Crippen LogP) is 2.20. The van der Waals surface area contributed by atoms with Gasteiger partial charge in [0.05, 0.1) is 11.4 Å². The van der Waals surface area contributed by atoms with Gasteiger partial charge in [-0.3, -0.25) is 14.4 Å².